The number of aryl methyl sites for hydroxylation is 1. The van der Waals surface area contributed by atoms with E-state index in [0.717, 1.165) is 21.3 Å². The number of rotatable bonds is 3. The number of anilines is 1. The van der Waals surface area contributed by atoms with Crippen LogP contribution in [0.1, 0.15) is 11.1 Å². The molecule has 22 heavy (non-hydrogen) atoms. The normalized spacial score (nSPS) is 12.6. The van der Waals surface area contributed by atoms with Crippen molar-refractivity contribution in [2.45, 2.75) is 6.92 Å². The zero-order valence-electron chi connectivity index (χ0n) is 11.9. The van der Waals surface area contributed by atoms with E-state index >= 15 is 0 Å². The van der Waals surface area contributed by atoms with Gasteiger partial charge < -0.3 is 14.8 Å². The van der Waals surface area contributed by atoms with E-state index < -0.39 is 0 Å². The third-order valence-electron chi connectivity index (χ3n) is 3.24. The van der Waals surface area contributed by atoms with Crippen LogP contribution in [0.15, 0.2) is 46.9 Å². The van der Waals surface area contributed by atoms with Crippen molar-refractivity contribution in [1.29, 1.82) is 0 Å². The number of nitrogens with one attached hydrogen (secondary N) is 1. The Kier molecular flexibility index (Phi) is 4.15. The van der Waals surface area contributed by atoms with Gasteiger partial charge in [-0.3, -0.25) is 4.79 Å². The predicted octanol–water partition coefficient (Wildman–Crippen LogP) is 4.14. The molecule has 1 heterocycles. The summed E-state index contributed by atoms with van der Waals surface area (Å²) in [6, 6.07) is 11.3. The Labute approximate surface area is 136 Å². The fourth-order valence-electron chi connectivity index (χ4n) is 2.11. The number of fused-ring (bicyclic) bond motifs is 1. The molecule has 4 nitrogen and oxygen atoms in total. The third-order valence-corrected chi connectivity index (χ3v) is 3.94. The number of halogens is 1. The Morgan fingerprint density at radius 2 is 1.95 bits per heavy atom. The molecule has 1 aliphatic heterocycles. The number of ether oxygens (including phenoxy) is 2. The first kappa shape index (κ1) is 14.7. The molecular formula is C17H14BrNO3. The predicted molar refractivity (Wildman–Crippen MR) is 89.1 cm³/mol. The summed E-state index contributed by atoms with van der Waals surface area (Å²) >= 11 is 3.46. The number of carbonyl (C=O) groups is 1. The molecule has 3 rings (SSSR count). The summed E-state index contributed by atoms with van der Waals surface area (Å²) < 4.78 is 11.6. The molecule has 0 spiro atoms. The van der Waals surface area contributed by atoms with E-state index in [2.05, 4.69) is 21.2 Å². The fraction of sp³-hybridized carbons (Fsp3) is 0.118. The molecule has 5 heteroatoms. The molecule has 0 aromatic heterocycles. The van der Waals surface area contributed by atoms with Gasteiger partial charge in [-0.2, -0.15) is 0 Å². The van der Waals surface area contributed by atoms with Crippen LogP contribution in [0.25, 0.3) is 6.08 Å². The monoisotopic (exact) mass is 359 g/mol. The molecule has 1 N–H and O–H groups in total. The molecule has 1 amide bonds. The average Bonchev–Trinajstić information content (AvgIpc) is 2.97. The topological polar surface area (TPSA) is 47.6 Å². The van der Waals surface area contributed by atoms with Gasteiger partial charge in [-0.15, -0.1) is 0 Å². The highest BCUT2D eigenvalue weighted by atomic mass is 79.9. The summed E-state index contributed by atoms with van der Waals surface area (Å²) in [5.41, 5.74) is 2.70. The first-order chi connectivity index (χ1) is 10.6. The van der Waals surface area contributed by atoms with Gasteiger partial charge in [-0.1, -0.05) is 33.6 Å². The maximum Gasteiger partial charge on any atom is 0.248 e. The lowest BCUT2D eigenvalue weighted by Gasteiger charge is -2.05. The molecule has 0 fully saturated rings. The van der Waals surface area contributed by atoms with Crippen LogP contribution in [0.5, 0.6) is 11.5 Å². The maximum absolute atomic E-state index is 12.0. The van der Waals surface area contributed by atoms with Crippen LogP contribution < -0.4 is 14.8 Å². The molecule has 0 unspecified atom stereocenters. The highest BCUT2D eigenvalue weighted by Crippen LogP contribution is 2.40. The first-order valence-corrected chi connectivity index (χ1v) is 7.56. The average molecular weight is 360 g/mol. The zero-order chi connectivity index (χ0) is 15.5. The van der Waals surface area contributed by atoms with Gasteiger partial charge >= 0.3 is 0 Å². The van der Waals surface area contributed by atoms with Crippen LogP contribution >= 0.6 is 15.9 Å². The van der Waals surface area contributed by atoms with Crippen LogP contribution in [-0.4, -0.2) is 12.7 Å². The molecule has 2 aromatic rings. The van der Waals surface area contributed by atoms with Gasteiger partial charge in [0.1, 0.15) is 0 Å². The molecule has 0 bridgehead atoms. The summed E-state index contributed by atoms with van der Waals surface area (Å²) in [4.78, 5) is 12.0. The highest BCUT2D eigenvalue weighted by Gasteiger charge is 2.18. The van der Waals surface area contributed by atoms with E-state index in [4.69, 9.17) is 9.47 Å². The van der Waals surface area contributed by atoms with Crippen molar-refractivity contribution in [3.05, 3.63) is 58.1 Å². The van der Waals surface area contributed by atoms with Crippen LogP contribution in [0, 0.1) is 6.92 Å². The minimum absolute atomic E-state index is 0.197. The van der Waals surface area contributed by atoms with Gasteiger partial charge in [-0.25, -0.2) is 0 Å². The molecular weight excluding hydrogens is 346 g/mol. The molecule has 2 aromatic carbocycles. The van der Waals surface area contributed by atoms with Crippen LogP contribution in [0.3, 0.4) is 0 Å². The van der Waals surface area contributed by atoms with Gasteiger partial charge in [-0.05, 0) is 37.3 Å². The number of benzene rings is 2. The summed E-state index contributed by atoms with van der Waals surface area (Å²) in [6.07, 6.45) is 3.18. The fourth-order valence-corrected chi connectivity index (χ4v) is 2.55. The van der Waals surface area contributed by atoms with Gasteiger partial charge in [0.05, 0.1) is 0 Å². The quantitative estimate of drug-likeness (QED) is 0.837. The molecule has 0 saturated carbocycles. The Balaban J connectivity index is 1.75. The van der Waals surface area contributed by atoms with Gasteiger partial charge in [0.2, 0.25) is 12.7 Å². The Morgan fingerprint density at radius 3 is 2.73 bits per heavy atom. The molecule has 112 valence electrons. The molecule has 1 aliphatic rings. The van der Waals surface area contributed by atoms with Crippen molar-refractivity contribution in [1.82, 2.24) is 0 Å². The van der Waals surface area contributed by atoms with Crippen molar-refractivity contribution in [2.75, 3.05) is 12.1 Å². The minimum Gasteiger partial charge on any atom is -0.454 e. The number of amides is 1. The molecule has 0 aliphatic carbocycles. The van der Waals surface area contributed by atoms with E-state index in [1.165, 1.54) is 6.08 Å². The second kappa shape index (κ2) is 6.23. The van der Waals surface area contributed by atoms with E-state index in [-0.39, 0.29) is 12.7 Å². The number of carbonyl (C=O) groups excluding carboxylic acids is 1. The van der Waals surface area contributed by atoms with Crippen molar-refractivity contribution in [3.8, 4) is 11.5 Å². The lowest BCUT2D eigenvalue weighted by molar-refractivity contribution is -0.111. The van der Waals surface area contributed by atoms with E-state index in [9.17, 15) is 4.79 Å². The van der Waals surface area contributed by atoms with Gasteiger partial charge in [0.25, 0.3) is 0 Å². The lowest BCUT2D eigenvalue weighted by Crippen LogP contribution is -2.07. The van der Waals surface area contributed by atoms with Crippen molar-refractivity contribution >= 4 is 33.6 Å². The SMILES string of the molecule is Cc1ccc(NC(=O)/C=C/c2c(Br)ccc3c2OCO3)cc1. The Morgan fingerprint density at radius 1 is 1.18 bits per heavy atom. The van der Waals surface area contributed by atoms with Crippen LogP contribution in [-0.2, 0) is 4.79 Å². The van der Waals surface area contributed by atoms with E-state index in [0.29, 0.717) is 11.5 Å². The van der Waals surface area contributed by atoms with E-state index in [1.54, 1.807) is 6.08 Å². The highest BCUT2D eigenvalue weighted by molar-refractivity contribution is 9.10. The molecule has 0 saturated heterocycles. The largest absolute Gasteiger partial charge is 0.454 e. The minimum atomic E-state index is -0.202. The Bertz CT molecular complexity index is 738. The maximum atomic E-state index is 12.0. The van der Waals surface area contributed by atoms with Crippen molar-refractivity contribution in [3.63, 3.8) is 0 Å². The standard InChI is InChI=1S/C17H14BrNO3/c1-11-2-4-12(5-3-11)19-16(20)9-6-13-14(18)7-8-15-17(13)22-10-21-15/h2-9H,10H2,1H3,(H,19,20)/b9-6+. The van der Waals surface area contributed by atoms with E-state index in [1.807, 2.05) is 43.3 Å². The first-order valence-electron chi connectivity index (χ1n) is 6.77. The lowest BCUT2D eigenvalue weighted by atomic mass is 10.1. The van der Waals surface area contributed by atoms with Crippen LogP contribution in [0.2, 0.25) is 0 Å². The van der Waals surface area contributed by atoms with Crippen molar-refractivity contribution < 1.29 is 14.3 Å². The Hall–Kier alpha value is -2.27. The third kappa shape index (κ3) is 3.14. The summed E-state index contributed by atoms with van der Waals surface area (Å²) in [6.45, 7) is 2.20. The zero-order valence-corrected chi connectivity index (χ0v) is 13.5. The smallest absolute Gasteiger partial charge is 0.248 e. The van der Waals surface area contributed by atoms with Crippen molar-refractivity contribution in [2.24, 2.45) is 0 Å². The molecule has 0 radical (unpaired) electrons. The second-order valence-corrected chi connectivity index (χ2v) is 5.74. The van der Waals surface area contributed by atoms with Crippen LogP contribution in [0.4, 0.5) is 5.69 Å². The van der Waals surface area contributed by atoms with Gasteiger partial charge in [0.15, 0.2) is 11.5 Å². The summed E-state index contributed by atoms with van der Waals surface area (Å²) in [7, 11) is 0. The number of hydrogen-bond donors (Lipinski definition) is 1. The molecule has 0 atom stereocenters. The summed E-state index contributed by atoms with van der Waals surface area (Å²) in [5.74, 6) is 1.13. The summed E-state index contributed by atoms with van der Waals surface area (Å²) in [5, 5.41) is 2.81. The second-order valence-electron chi connectivity index (χ2n) is 4.88. The van der Waals surface area contributed by atoms with Gasteiger partial charge in [0, 0.05) is 21.8 Å². The number of hydrogen-bond acceptors (Lipinski definition) is 3.